The summed E-state index contributed by atoms with van der Waals surface area (Å²) in [7, 11) is 1.17. The largest absolute Gasteiger partial charge is 0.494 e. The van der Waals surface area contributed by atoms with Crippen LogP contribution in [0, 0.1) is 0 Å². The molecule has 0 atom stereocenters. The van der Waals surface area contributed by atoms with Crippen molar-refractivity contribution in [3.05, 3.63) is 29.8 Å². The molecule has 0 saturated carbocycles. The number of carbonyl (C=O) groups is 2. The maximum Gasteiger partial charge on any atom is 0.379 e. The molecule has 0 aliphatic carbocycles. The average Bonchev–Trinajstić information content (AvgIpc) is 2.28. The van der Waals surface area contributed by atoms with Gasteiger partial charge < -0.3 is 9.47 Å². The zero-order valence-corrected chi connectivity index (χ0v) is 8.65. The van der Waals surface area contributed by atoms with Crippen LogP contribution in [0.2, 0.25) is 0 Å². The second kappa shape index (κ2) is 5.14. The van der Waals surface area contributed by atoms with E-state index >= 15 is 0 Å². The van der Waals surface area contributed by atoms with E-state index < -0.39 is 11.8 Å². The molecule has 0 aliphatic rings. The van der Waals surface area contributed by atoms with Crippen LogP contribution in [0.1, 0.15) is 17.3 Å². The second-order valence-corrected chi connectivity index (χ2v) is 2.78. The summed E-state index contributed by atoms with van der Waals surface area (Å²) in [6, 6.07) is 6.43. The first-order chi connectivity index (χ1) is 7.19. The third-order valence-electron chi connectivity index (χ3n) is 1.78. The number of ketones is 1. The summed E-state index contributed by atoms with van der Waals surface area (Å²) in [5.41, 5.74) is 0.271. The number of carbonyl (C=O) groups excluding carboxylic acids is 2. The van der Waals surface area contributed by atoms with E-state index in [0.29, 0.717) is 12.4 Å². The van der Waals surface area contributed by atoms with Crippen LogP contribution in [0.25, 0.3) is 0 Å². The van der Waals surface area contributed by atoms with E-state index in [4.69, 9.17) is 4.74 Å². The highest BCUT2D eigenvalue weighted by atomic mass is 16.5. The van der Waals surface area contributed by atoms with Crippen LogP contribution in [0.5, 0.6) is 5.75 Å². The number of rotatable bonds is 4. The maximum absolute atomic E-state index is 11.4. The summed E-state index contributed by atoms with van der Waals surface area (Å²) < 4.78 is 9.54. The Bertz CT molecular complexity index is 371. The molecule has 0 aliphatic heterocycles. The van der Waals surface area contributed by atoms with Gasteiger partial charge in [0.15, 0.2) is 0 Å². The van der Waals surface area contributed by atoms with Gasteiger partial charge in [-0.3, -0.25) is 4.79 Å². The summed E-state index contributed by atoms with van der Waals surface area (Å²) in [6.45, 7) is 2.35. The first kappa shape index (κ1) is 11.2. The van der Waals surface area contributed by atoms with E-state index in [-0.39, 0.29) is 5.56 Å². The Morgan fingerprint density at radius 3 is 2.67 bits per heavy atom. The topological polar surface area (TPSA) is 52.6 Å². The van der Waals surface area contributed by atoms with Gasteiger partial charge in [-0.2, -0.15) is 0 Å². The zero-order valence-electron chi connectivity index (χ0n) is 8.65. The third-order valence-corrected chi connectivity index (χ3v) is 1.78. The number of Topliss-reactive ketones (excluding diaryl/α,β-unsaturated/α-hetero) is 1. The molecule has 0 aromatic heterocycles. The average molecular weight is 208 g/mol. The van der Waals surface area contributed by atoms with E-state index in [1.54, 1.807) is 18.2 Å². The van der Waals surface area contributed by atoms with Crippen molar-refractivity contribution in [2.75, 3.05) is 13.7 Å². The van der Waals surface area contributed by atoms with Gasteiger partial charge in [-0.25, -0.2) is 4.79 Å². The fourth-order valence-electron chi connectivity index (χ4n) is 1.10. The molecule has 1 rings (SSSR count). The highest BCUT2D eigenvalue weighted by Crippen LogP contribution is 2.13. The van der Waals surface area contributed by atoms with Crippen molar-refractivity contribution < 1.29 is 19.1 Å². The quantitative estimate of drug-likeness (QED) is 0.427. The Morgan fingerprint density at radius 2 is 2.07 bits per heavy atom. The van der Waals surface area contributed by atoms with E-state index in [9.17, 15) is 9.59 Å². The molecule has 0 fully saturated rings. The number of ether oxygens (including phenoxy) is 2. The van der Waals surface area contributed by atoms with Crippen molar-refractivity contribution in [1.29, 1.82) is 0 Å². The highest BCUT2D eigenvalue weighted by molar-refractivity contribution is 6.40. The SMILES string of the molecule is CCOc1cccc(C(=O)C(=O)OC)c1. The Hall–Kier alpha value is -1.84. The lowest BCUT2D eigenvalue weighted by Crippen LogP contribution is -2.15. The van der Waals surface area contributed by atoms with Gasteiger partial charge in [-0.1, -0.05) is 12.1 Å². The van der Waals surface area contributed by atoms with E-state index in [0.717, 1.165) is 0 Å². The van der Waals surface area contributed by atoms with Crippen molar-refractivity contribution in [3.8, 4) is 5.75 Å². The molecule has 0 saturated heterocycles. The summed E-state index contributed by atoms with van der Waals surface area (Å²) in [5.74, 6) is -0.977. The molecule has 15 heavy (non-hydrogen) atoms. The van der Waals surface area contributed by atoms with Crippen molar-refractivity contribution in [2.45, 2.75) is 6.92 Å². The minimum absolute atomic E-state index is 0.271. The molecule has 0 N–H and O–H groups in total. The van der Waals surface area contributed by atoms with Crippen LogP contribution in [-0.4, -0.2) is 25.5 Å². The maximum atomic E-state index is 11.4. The van der Waals surface area contributed by atoms with Crippen molar-refractivity contribution >= 4 is 11.8 Å². The van der Waals surface area contributed by atoms with Gasteiger partial charge in [0, 0.05) is 5.56 Å². The van der Waals surface area contributed by atoms with Crippen LogP contribution in [0.4, 0.5) is 0 Å². The van der Waals surface area contributed by atoms with E-state index in [2.05, 4.69) is 4.74 Å². The molecule has 1 aromatic rings. The summed E-state index contributed by atoms with van der Waals surface area (Å²) in [5, 5.41) is 0. The lowest BCUT2D eigenvalue weighted by atomic mass is 10.1. The lowest BCUT2D eigenvalue weighted by molar-refractivity contribution is -0.135. The molecule has 0 radical (unpaired) electrons. The molecule has 4 heteroatoms. The Kier molecular flexibility index (Phi) is 3.85. The Morgan fingerprint density at radius 1 is 1.33 bits per heavy atom. The molecule has 1 aromatic carbocycles. The number of hydrogen-bond donors (Lipinski definition) is 0. The Balaban J connectivity index is 2.90. The molecule has 4 nitrogen and oxygen atoms in total. The van der Waals surface area contributed by atoms with Gasteiger partial charge in [0.05, 0.1) is 13.7 Å². The predicted molar refractivity (Wildman–Crippen MR) is 54.0 cm³/mol. The molecule has 0 spiro atoms. The smallest absolute Gasteiger partial charge is 0.379 e. The van der Waals surface area contributed by atoms with E-state index in [1.807, 2.05) is 6.92 Å². The lowest BCUT2D eigenvalue weighted by Gasteiger charge is -2.04. The molecular weight excluding hydrogens is 196 g/mol. The zero-order chi connectivity index (χ0) is 11.3. The van der Waals surface area contributed by atoms with Gasteiger partial charge >= 0.3 is 5.97 Å². The predicted octanol–water partition coefficient (Wildman–Crippen LogP) is 1.44. The van der Waals surface area contributed by atoms with Crippen LogP contribution in [-0.2, 0) is 9.53 Å². The van der Waals surface area contributed by atoms with Crippen LogP contribution in [0.15, 0.2) is 24.3 Å². The molecule has 0 unspecified atom stereocenters. The number of methoxy groups -OCH3 is 1. The highest BCUT2D eigenvalue weighted by Gasteiger charge is 2.16. The number of esters is 1. The number of benzene rings is 1. The summed E-state index contributed by atoms with van der Waals surface area (Å²) >= 11 is 0. The third kappa shape index (κ3) is 2.80. The molecule has 0 amide bonds. The normalized spacial score (nSPS) is 9.47. The van der Waals surface area contributed by atoms with Crippen molar-refractivity contribution in [2.24, 2.45) is 0 Å². The van der Waals surface area contributed by atoms with Gasteiger partial charge in [0.25, 0.3) is 5.78 Å². The van der Waals surface area contributed by atoms with Gasteiger partial charge in [0.1, 0.15) is 5.75 Å². The molecule has 0 heterocycles. The van der Waals surface area contributed by atoms with Crippen LogP contribution in [0.3, 0.4) is 0 Å². The van der Waals surface area contributed by atoms with Gasteiger partial charge in [0.2, 0.25) is 0 Å². The van der Waals surface area contributed by atoms with Crippen molar-refractivity contribution in [3.63, 3.8) is 0 Å². The standard InChI is InChI=1S/C11H12O4/c1-3-15-9-6-4-5-8(7-9)10(12)11(13)14-2/h4-7H,3H2,1-2H3. The fourth-order valence-corrected chi connectivity index (χ4v) is 1.10. The number of hydrogen-bond acceptors (Lipinski definition) is 4. The van der Waals surface area contributed by atoms with Gasteiger partial charge in [-0.15, -0.1) is 0 Å². The molecular formula is C11H12O4. The van der Waals surface area contributed by atoms with Crippen LogP contribution >= 0.6 is 0 Å². The fraction of sp³-hybridized carbons (Fsp3) is 0.273. The second-order valence-electron chi connectivity index (χ2n) is 2.78. The minimum atomic E-state index is -0.872. The Labute approximate surface area is 87.8 Å². The monoisotopic (exact) mass is 208 g/mol. The minimum Gasteiger partial charge on any atom is -0.494 e. The summed E-state index contributed by atoms with van der Waals surface area (Å²) in [4.78, 5) is 22.4. The molecule has 0 bridgehead atoms. The summed E-state index contributed by atoms with van der Waals surface area (Å²) in [6.07, 6.45) is 0. The molecule has 80 valence electrons. The first-order valence-electron chi connectivity index (χ1n) is 4.54. The van der Waals surface area contributed by atoms with Crippen molar-refractivity contribution in [1.82, 2.24) is 0 Å². The van der Waals surface area contributed by atoms with E-state index in [1.165, 1.54) is 13.2 Å². The first-order valence-corrected chi connectivity index (χ1v) is 4.54. The van der Waals surface area contributed by atoms with Gasteiger partial charge in [-0.05, 0) is 19.1 Å². The van der Waals surface area contributed by atoms with Crippen LogP contribution < -0.4 is 4.74 Å².